The van der Waals surface area contributed by atoms with Gasteiger partial charge in [-0.2, -0.15) is 0 Å². The molecule has 0 bridgehead atoms. The van der Waals surface area contributed by atoms with E-state index in [4.69, 9.17) is 16.7 Å². The maximum absolute atomic E-state index is 11.3. The lowest BCUT2D eigenvalue weighted by Gasteiger charge is -1.98. The molecule has 0 saturated carbocycles. The van der Waals surface area contributed by atoms with Gasteiger partial charge in [0.1, 0.15) is 4.88 Å². The van der Waals surface area contributed by atoms with Crippen molar-refractivity contribution in [1.29, 1.82) is 0 Å². The Bertz CT molecular complexity index is 392. The molecule has 0 aliphatic carbocycles. The quantitative estimate of drug-likeness (QED) is 0.617. The molecule has 0 spiro atoms. The summed E-state index contributed by atoms with van der Waals surface area (Å²) in [4.78, 5) is 21.2. The monoisotopic (exact) mass is 250 g/mol. The summed E-state index contributed by atoms with van der Waals surface area (Å²) in [5.41, 5.74) is -0.282. The number of hydrogen-bond acceptors (Lipinski definition) is 5. The number of hydrogen-bond donors (Lipinski definition) is 2. The van der Waals surface area contributed by atoms with Crippen LogP contribution in [0, 0.1) is 10.1 Å². The summed E-state index contributed by atoms with van der Waals surface area (Å²) in [7, 11) is 0. The molecule has 0 unspecified atom stereocenters. The molecular weight excluding hydrogens is 244 g/mol. The van der Waals surface area contributed by atoms with Crippen LogP contribution in [0.2, 0.25) is 4.34 Å². The first kappa shape index (κ1) is 11.9. The normalized spacial score (nSPS) is 10.0. The molecule has 1 amide bonds. The van der Waals surface area contributed by atoms with Crippen molar-refractivity contribution in [2.45, 2.75) is 0 Å². The number of aliphatic hydroxyl groups excluding tert-OH is 1. The number of aliphatic hydroxyl groups is 1. The second-order valence-electron chi connectivity index (χ2n) is 2.51. The van der Waals surface area contributed by atoms with Gasteiger partial charge in [-0.1, -0.05) is 11.6 Å². The van der Waals surface area contributed by atoms with Crippen LogP contribution in [0.1, 0.15) is 9.67 Å². The zero-order chi connectivity index (χ0) is 11.4. The van der Waals surface area contributed by atoms with E-state index in [0.717, 1.165) is 17.4 Å². The van der Waals surface area contributed by atoms with E-state index in [1.807, 2.05) is 0 Å². The number of thiophene rings is 1. The molecule has 1 rings (SSSR count). The first-order valence-corrected chi connectivity index (χ1v) is 5.08. The van der Waals surface area contributed by atoms with Gasteiger partial charge >= 0.3 is 0 Å². The number of amides is 1. The van der Waals surface area contributed by atoms with E-state index in [2.05, 4.69) is 5.32 Å². The highest BCUT2D eigenvalue weighted by Crippen LogP contribution is 2.33. The number of nitrogens with zero attached hydrogens (tertiary/aromatic N) is 1. The molecule has 6 nitrogen and oxygen atoms in total. The molecule has 0 radical (unpaired) electrons. The minimum Gasteiger partial charge on any atom is -0.395 e. The highest BCUT2D eigenvalue weighted by molar-refractivity contribution is 7.18. The minimum absolute atomic E-state index is 0.0332. The summed E-state index contributed by atoms with van der Waals surface area (Å²) >= 11 is 6.40. The zero-order valence-corrected chi connectivity index (χ0v) is 8.97. The molecule has 0 aliphatic heterocycles. The van der Waals surface area contributed by atoms with Crippen molar-refractivity contribution >= 4 is 34.5 Å². The maximum Gasteiger partial charge on any atom is 0.299 e. The van der Waals surface area contributed by atoms with E-state index in [1.165, 1.54) is 0 Å². The summed E-state index contributed by atoms with van der Waals surface area (Å²) in [5.74, 6) is -0.482. The average molecular weight is 251 g/mol. The number of nitro groups is 1. The SMILES string of the molecule is O=C(NCCO)c1cc([N+](=O)[O-])c(Cl)s1. The molecule has 0 atom stereocenters. The molecule has 1 aromatic rings. The van der Waals surface area contributed by atoms with Crippen molar-refractivity contribution in [3.05, 3.63) is 25.4 Å². The van der Waals surface area contributed by atoms with E-state index < -0.39 is 10.8 Å². The minimum atomic E-state index is -0.651. The second kappa shape index (κ2) is 5.06. The van der Waals surface area contributed by atoms with Crippen LogP contribution in [0.4, 0.5) is 5.69 Å². The fourth-order valence-electron chi connectivity index (χ4n) is 0.852. The lowest BCUT2D eigenvalue weighted by atomic mass is 10.4. The third-order valence-corrected chi connectivity index (χ3v) is 2.82. The molecule has 1 heterocycles. The average Bonchev–Trinajstić information content (AvgIpc) is 2.56. The van der Waals surface area contributed by atoms with Gasteiger partial charge in [-0.15, -0.1) is 11.3 Å². The largest absolute Gasteiger partial charge is 0.395 e. The Morgan fingerprint density at radius 2 is 2.40 bits per heavy atom. The van der Waals surface area contributed by atoms with Crippen LogP contribution in [0.3, 0.4) is 0 Å². The van der Waals surface area contributed by atoms with E-state index >= 15 is 0 Å². The Hall–Kier alpha value is -1.18. The van der Waals surface area contributed by atoms with Gasteiger partial charge < -0.3 is 10.4 Å². The molecule has 8 heteroatoms. The molecule has 0 fully saturated rings. The molecular formula is C7H7ClN2O4S. The second-order valence-corrected chi connectivity index (χ2v) is 4.16. The summed E-state index contributed by atoms with van der Waals surface area (Å²) in [6.45, 7) is -0.0882. The Morgan fingerprint density at radius 3 is 2.87 bits per heavy atom. The predicted octanol–water partition coefficient (Wildman–Crippen LogP) is 1.03. The Morgan fingerprint density at radius 1 is 1.73 bits per heavy atom. The smallest absolute Gasteiger partial charge is 0.299 e. The highest BCUT2D eigenvalue weighted by atomic mass is 35.5. The van der Waals surface area contributed by atoms with Gasteiger partial charge in [0.15, 0.2) is 4.34 Å². The molecule has 0 aromatic carbocycles. The van der Waals surface area contributed by atoms with Crippen LogP contribution in [0.5, 0.6) is 0 Å². The fraction of sp³-hybridized carbons (Fsp3) is 0.286. The van der Waals surface area contributed by atoms with E-state index in [-0.39, 0.29) is 28.1 Å². The molecule has 0 saturated heterocycles. The maximum atomic E-state index is 11.3. The number of rotatable bonds is 4. The number of carbonyl (C=O) groups is 1. The van der Waals surface area contributed by atoms with Crippen molar-refractivity contribution < 1.29 is 14.8 Å². The first-order valence-electron chi connectivity index (χ1n) is 3.89. The van der Waals surface area contributed by atoms with Gasteiger partial charge in [0, 0.05) is 12.6 Å². The van der Waals surface area contributed by atoms with Gasteiger partial charge in [-0.05, 0) is 0 Å². The Balaban J connectivity index is 2.83. The highest BCUT2D eigenvalue weighted by Gasteiger charge is 2.20. The van der Waals surface area contributed by atoms with Crippen molar-refractivity contribution in [1.82, 2.24) is 5.32 Å². The van der Waals surface area contributed by atoms with Crippen LogP contribution < -0.4 is 5.32 Å². The molecule has 2 N–H and O–H groups in total. The van der Waals surface area contributed by atoms with Crippen LogP contribution in [-0.4, -0.2) is 29.1 Å². The summed E-state index contributed by atoms with van der Waals surface area (Å²) in [6, 6.07) is 1.11. The van der Waals surface area contributed by atoms with Crippen LogP contribution in [-0.2, 0) is 0 Å². The predicted molar refractivity (Wildman–Crippen MR) is 55.4 cm³/mol. The molecule has 0 aliphatic rings. The van der Waals surface area contributed by atoms with Gasteiger partial charge in [0.25, 0.3) is 11.6 Å². The van der Waals surface area contributed by atoms with Crippen LogP contribution in [0.25, 0.3) is 0 Å². The van der Waals surface area contributed by atoms with E-state index in [0.29, 0.717) is 0 Å². The standard InChI is InChI=1S/C7H7ClN2O4S/c8-6-4(10(13)14)3-5(15-6)7(12)9-1-2-11/h3,11H,1-2H2,(H,9,12). The fourth-order valence-corrected chi connectivity index (χ4v) is 1.99. The van der Waals surface area contributed by atoms with Gasteiger partial charge in [-0.3, -0.25) is 14.9 Å². The van der Waals surface area contributed by atoms with Crippen LogP contribution in [0.15, 0.2) is 6.07 Å². The topological polar surface area (TPSA) is 92.5 Å². The lowest BCUT2D eigenvalue weighted by Crippen LogP contribution is -2.25. The Labute approximate surface area is 93.6 Å². The van der Waals surface area contributed by atoms with Gasteiger partial charge in [-0.25, -0.2) is 0 Å². The Kier molecular flexibility index (Phi) is 4.01. The van der Waals surface area contributed by atoms with Gasteiger partial charge in [0.2, 0.25) is 0 Å². The number of halogens is 1. The lowest BCUT2D eigenvalue weighted by molar-refractivity contribution is -0.384. The number of nitrogens with one attached hydrogen (secondary N) is 1. The molecule has 1 aromatic heterocycles. The van der Waals surface area contributed by atoms with Crippen molar-refractivity contribution in [2.24, 2.45) is 0 Å². The zero-order valence-electron chi connectivity index (χ0n) is 7.40. The first-order chi connectivity index (χ1) is 7.06. The van der Waals surface area contributed by atoms with Crippen molar-refractivity contribution in [2.75, 3.05) is 13.2 Å². The summed E-state index contributed by atoms with van der Waals surface area (Å²) in [5, 5.41) is 21.3. The van der Waals surface area contributed by atoms with Crippen molar-refractivity contribution in [3.8, 4) is 0 Å². The van der Waals surface area contributed by atoms with Crippen LogP contribution >= 0.6 is 22.9 Å². The molecule has 82 valence electrons. The summed E-state index contributed by atoms with van der Waals surface area (Å²) < 4.78 is -0.0332. The summed E-state index contributed by atoms with van der Waals surface area (Å²) in [6.07, 6.45) is 0. The van der Waals surface area contributed by atoms with E-state index in [9.17, 15) is 14.9 Å². The third kappa shape index (κ3) is 2.88. The molecule has 15 heavy (non-hydrogen) atoms. The van der Waals surface area contributed by atoms with E-state index in [1.54, 1.807) is 0 Å². The third-order valence-electron chi connectivity index (χ3n) is 1.49. The number of carbonyl (C=O) groups excluding carboxylic acids is 1. The van der Waals surface area contributed by atoms with Gasteiger partial charge in [0.05, 0.1) is 11.5 Å². The van der Waals surface area contributed by atoms with Crippen molar-refractivity contribution in [3.63, 3.8) is 0 Å².